The van der Waals surface area contributed by atoms with Crippen LogP contribution in [0, 0.1) is 0 Å². The fraction of sp³-hybridized carbons (Fsp3) is 0.250. The summed E-state index contributed by atoms with van der Waals surface area (Å²) in [5.41, 5.74) is 0.264. The van der Waals surface area contributed by atoms with E-state index in [0.29, 0.717) is 5.02 Å². The smallest absolute Gasteiger partial charge is 0.317 e. The Labute approximate surface area is 130 Å². The van der Waals surface area contributed by atoms with E-state index in [1.54, 1.807) is 6.07 Å². The molecule has 0 saturated carbocycles. The van der Waals surface area contributed by atoms with Crippen molar-refractivity contribution >= 4 is 46.7 Å². The van der Waals surface area contributed by atoms with Gasteiger partial charge in [-0.3, -0.25) is 19.3 Å². The molecular formula is C12H12Cl2N2O5. The highest BCUT2D eigenvalue weighted by Gasteiger charge is 2.17. The van der Waals surface area contributed by atoms with Gasteiger partial charge >= 0.3 is 11.9 Å². The Kier molecular flexibility index (Phi) is 6.41. The first-order chi connectivity index (χ1) is 9.77. The SMILES string of the molecule is O=C(O)CN(CC(=O)O)CC(=O)Nc1cc(Cl)ccc1Cl. The lowest BCUT2D eigenvalue weighted by atomic mass is 10.3. The lowest BCUT2D eigenvalue weighted by Crippen LogP contribution is -2.40. The summed E-state index contributed by atoms with van der Waals surface area (Å²) in [5.74, 6) is -3.06. The lowest BCUT2D eigenvalue weighted by Gasteiger charge is -2.17. The average molecular weight is 335 g/mol. The molecule has 0 heterocycles. The van der Waals surface area contributed by atoms with E-state index < -0.39 is 37.5 Å². The van der Waals surface area contributed by atoms with Crippen LogP contribution in [0.25, 0.3) is 0 Å². The molecule has 0 aromatic heterocycles. The van der Waals surface area contributed by atoms with Gasteiger partial charge in [0.2, 0.25) is 5.91 Å². The fourth-order valence-corrected chi connectivity index (χ4v) is 1.87. The number of nitrogens with zero attached hydrogens (tertiary/aromatic N) is 1. The molecule has 0 radical (unpaired) electrons. The molecule has 1 aromatic rings. The Hall–Kier alpha value is -1.83. The Morgan fingerprint density at radius 3 is 2.14 bits per heavy atom. The second-order valence-corrected chi connectivity index (χ2v) is 4.95. The molecule has 0 aliphatic carbocycles. The van der Waals surface area contributed by atoms with Crippen LogP contribution < -0.4 is 5.32 Å². The van der Waals surface area contributed by atoms with Crippen molar-refractivity contribution in [3.8, 4) is 0 Å². The van der Waals surface area contributed by atoms with Crippen molar-refractivity contribution in [3.63, 3.8) is 0 Å². The lowest BCUT2D eigenvalue weighted by molar-refractivity contribution is -0.142. The minimum Gasteiger partial charge on any atom is -0.480 e. The summed E-state index contributed by atoms with van der Waals surface area (Å²) in [6.07, 6.45) is 0. The average Bonchev–Trinajstić information content (AvgIpc) is 2.31. The number of hydrogen-bond donors (Lipinski definition) is 3. The van der Waals surface area contributed by atoms with Crippen LogP contribution in [0.15, 0.2) is 18.2 Å². The topological polar surface area (TPSA) is 107 Å². The molecule has 1 rings (SSSR count). The molecule has 0 unspecified atom stereocenters. The number of hydrogen-bond acceptors (Lipinski definition) is 4. The summed E-state index contributed by atoms with van der Waals surface area (Å²) in [4.78, 5) is 34.0. The third-order valence-corrected chi connectivity index (χ3v) is 2.85. The predicted octanol–water partition coefficient (Wildman–Crippen LogP) is 1.40. The van der Waals surface area contributed by atoms with Crippen LogP contribution in [0.1, 0.15) is 0 Å². The van der Waals surface area contributed by atoms with Crippen LogP contribution in [0.2, 0.25) is 10.0 Å². The van der Waals surface area contributed by atoms with Gasteiger partial charge in [0.05, 0.1) is 30.3 Å². The number of carbonyl (C=O) groups is 3. The van der Waals surface area contributed by atoms with Gasteiger partial charge in [-0.1, -0.05) is 23.2 Å². The summed E-state index contributed by atoms with van der Waals surface area (Å²) in [5, 5.41) is 20.4. The molecule has 9 heteroatoms. The first kappa shape index (κ1) is 17.2. The molecular weight excluding hydrogens is 323 g/mol. The third kappa shape index (κ3) is 6.44. The highest BCUT2D eigenvalue weighted by Crippen LogP contribution is 2.25. The standard InChI is InChI=1S/C12H12Cl2N2O5/c13-7-1-2-8(14)9(3-7)15-10(17)4-16(5-11(18)19)6-12(20)21/h1-3H,4-6H2,(H,15,17)(H,18,19)(H,20,21). The number of benzene rings is 1. The largest absolute Gasteiger partial charge is 0.480 e. The maximum Gasteiger partial charge on any atom is 0.317 e. The molecule has 0 aliphatic heterocycles. The fourth-order valence-electron chi connectivity index (χ4n) is 1.54. The first-order valence-corrected chi connectivity index (χ1v) is 6.44. The summed E-state index contributed by atoms with van der Waals surface area (Å²) < 4.78 is 0. The normalized spacial score (nSPS) is 10.4. The van der Waals surface area contributed by atoms with Crippen molar-refractivity contribution in [1.82, 2.24) is 4.90 Å². The Morgan fingerprint density at radius 2 is 1.62 bits per heavy atom. The van der Waals surface area contributed by atoms with E-state index in [0.717, 1.165) is 4.90 Å². The molecule has 21 heavy (non-hydrogen) atoms. The summed E-state index contributed by atoms with van der Waals surface area (Å²) in [6, 6.07) is 4.47. The van der Waals surface area contributed by atoms with E-state index in [1.165, 1.54) is 12.1 Å². The van der Waals surface area contributed by atoms with Crippen LogP contribution in [0.3, 0.4) is 0 Å². The molecule has 3 N–H and O–H groups in total. The molecule has 0 atom stereocenters. The van der Waals surface area contributed by atoms with Gasteiger partial charge in [-0.2, -0.15) is 0 Å². The number of nitrogens with one attached hydrogen (secondary N) is 1. The number of anilines is 1. The third-order valence-electron chi connectivity index (χ3n) is 2.29. The molecule has 0 aliphatic rings. The van der Waals surface area contributed by atoms with Gasteiger partial charge in [-0.25, -0.2) is 0 Å². The molecule has 0 bridgehead atoms. The Bertz CT molecular complexity index is 549. The minimum atomic E-state index is -1.23. The van der Waals surface area contributed by atoms with Crippen molar-refractivity contribution in [1.29, 1.82) is 0 Å². The molecule has 0 fully saturated rings. The van der Waals surface area contributed by atoms with E-state index in [4.69, 9.17) is 33.4 Å². The molecule has 1 aromatic carbocycles. The maximum atomic E-state index is 11.8. The van der Waals surface area contributed by atoms with Crippen molar-refractivity contribution in [2.24, 2.45) is 0 Å². The molecule has 1 amide bonds. The van der Waals surface area contributed by atoms with Crippen LogP contribution in [-0.4, -0.2) is 52.6 Å². The van der Waals surface area contributed by atoms with E-state index in [-0.39, 0.29) is 10.7 Å². The summed E-state index contributed by atoms with van der Waals surface area (Å²) in [6.45, 7) is -1.53. The van der Waals surface area contributed by atoms with E-state index in [1.807, 2.05) is 0 Å². The molecule has 0 saturated heterocycles. The van der Waals surface area contributed by atoms with Crippen LogP contribution in [-0.2, 0) is 14.4 Å². The van der Waals surface area contributed by atoms with Crippen LogP contribution in [0.5, 0.6) is 0 Å². The van der Waals surface area contributed by atoms with Crippen LogP contribution in [0.4, 0.5) is 5.69 Å². The number of carboxylic acid groups (broad SMARTS) is 2. The number of aliphatic carboxylic acids is 2. The number of rotatable bonds is 7. The van der Waals surface area contributed by atoms with Gasteiger partial charge in [-0.05, 0) is 18.2 Å². The monoisotopic (exact) mass is 334 g/mol. The van der Waals surface area contributed by atoms with Crippen molar-refractivity contribution in [2.45, 2.75) is 0 Å². The molecule has 0 spiro atoms. The van der Waals surface area contributed by atoms with Gasteiger partial charge in [0.15, 0.2) is 0 Å². The second-order valence-electron chi connectivity index (χ2n) is 4.10. The highest BCUT2D eigenvalue weighted by atomic mass is 35.5. The Balaban J connectivity index is 2.70. The number of carbonyl (C=O) groups excluding carboxylic acids is 1. The van der Waals surface area contributed by atoms with Crippen LogP contribution >= 0.6 is 23.2 Å². The number of amides is 1. The number of carboxylic acids is 2. The van der Waals surface area contributed by atoms with Gasteiger partial charge < -0.3 is 15.5 Å². The zero-order valence-corrected chi connectivity index (χ0v) is 12.2. The van der Waals surface area contributed by atoms with Crippen molar-refractivity contribution in [3.05, 3.63) is 28.2 Å². The predicted molar refractivity (Wildman–Crippen MR) is 76.8 cm³/mol. The minimum absolute atomic E-state index is 0.260. The zero-order valence-electron chi connectivity index (χ0n) is 10.7. The van der Waals surface area contributed by atoms with Gasteiger partial charge in [-0.15, -0.1) is 0 Å². The van der Waals surface area contributed by atoms with E-state index in [9.17, 15) is 14.4 Å². The van der Waals surface area contributed by atoms with E-state index in [2.05, 4.69) is 5.32 Å². The van der Waals surface area contributed by atoms with Crippen molar-refractivity contribution in [2.75, 3.05) is 25.0 Å². The highest BCUT2D eigenvalue weighted by molar-refractivity contribution is 6.35. The quantitative estimate of drug-likeness (QED) is 0.695. The zero-order chi connectivity index (χ0) is 16.0. The molecule has 7 nitrogen and oxygen atoms in total. The molecule has 114 valence electrons. The van der Waals surface area contributed by atoms with E-state index >= 15 is 0 Å². The first-order valence-electron chi connectivity index (χ1n) is 5.68. The summed E-state index contributed by atoms with van der Waals surface area (Å²) in [7, 11) is 0. The van der Waals surface area contributed by atoms with Crippen molar-refractivity contribution < 1.29 is 24.6 Å². The number of halogens is 2. The van der Waals surface area contributed by atoms with Gasteiger partial charge in [0, 0.05) is 5.02 Å². The summed E-state index contributed by atoms with van der Waals surface area (Å²) >= 11 is 11.6. The maximum absolute atomic E-state index is 11.8. The van der Waals surface area contributed by atoms with Gasteiger partial charge in [0.1, 0.15) is 0 Å². The van der Waals surface area contributed by atoms with Gasteiger partial charge in [0.25, 0.3) is 0 Å². The second kappa shape index (κ2) is 7.82. The Morgan fingerprint density at radius 1 is 1.05 bits per heavy atom.